The Morgan fingerprint density at radius 2 is 1.88 bits per heavy atom. The number of anilines is 1. The molecule has 1 fully saturated rings. The lowest BCUT2D eigenvalue weighted by Crippen LogP contribution is -2.38. The van der Waals surface area contributed by atoms with Gasteiger partial charge in [-0.05, 0) is 17.7 Å². The molecule has 0 spiro atoms. The highest BCUT2D eigenvalue weighted by atomic mass is 32.1. The number of hydrogen-bond donors (Lipinski definition) is 0. The third-order valence-corrected chi connectivity index (χ3v) is 5.12. The first-order valence-corrected chi connectivity index (χ1v) is 8.73. The van der Waals surface area contributed by atoms with E-state index < -0.39 is 11.6 Å². The van der Waals surface area contributed by atoms with Crippen molar-refractivity contribution in [1.82, 2.24) is 10.2 Å². The fraction of sp³-hybridized carbons (Fsp3) is 0.222. The highest BCUT2D eigenvalue weighted by Gasteiger charge is 2.25. The molecule has 0 saturated carbocycles. The molecule has 2 heterocycles. The molecule has 1 aliphatic rings. The van der Waals surface area contributed by atoms with Crippen LogP contribution in [0.3, 0.4) is 0 Å². The van der Waals surface area contributed by atoms with Crippen molar-refractivity contribution in [3.05, 3.63) is 65.7 Å². The largest absolute Gasteiger partial charge is 0.370 e. The van der Waals surface area contributed by atoms with Gasteiger partial charge in [0.25, 0.3) is 0 Å². The van der Waals surface area contributed by atoms with Gasteiger partial charge < -0.3 is 9.64 Å². The lowest BCUT2D eigenvalue weighted by molar-refractivity contribution is 0.0395. The van der Waals surface area contributed by atoms with Crippen LogP contribution in [-0.2, 0) is 4.74 Å². The van der Waals surface area contributed by atoms with E-state index in [1.165, 1.54) is 17.4 Å². The van der Waals surface area contributed by atoms with Gasteiger partial charge in [0, 0.05) is 12.1 Å². The van der Waals surface area contributed by atoms with Crippen LogP contribution in [0.15, 0.2) is 48.5 Å². The first kappa shape index (κ1) is 16.1. The molecule has 1 unspecified atom stereocenters. The third kappa shape index (κ3) is 3.38. The van der Waals surface area contributed by atoms with Gasteiger partial charge in [-0.2, -0.15) is 0 Å². The molecule has 0 N–H and O–H groups in total. The molecule has 2 aromatic carbocycles. The molecule has 1 aromatic heterocycles. The molecule has 1 aliphatic heterocycles. The summed E-state index contributed by atoms with van der Waals surface area (Å²) in [5.74, 6) is -1.71. The van der Waals surface area contributed by atoms with Crippen LogP contribution in [0.5, 0.6) is 0 Å². The van der Waals surface area contributed by atoms with Crippen molar-refractivity contribution in [3.8, 4) is 10.6 Å². The van der Waals surface area contributed by atoms with Crippen LogP contribution in [0.25, 0.3) is 10.6 Å². The lowest BCUT2D eigenvalue weighted by atomic mass is 10.1. The zero-order valence-electron chi connectivity index (χ0n) is 13.2. The third-order valence-electron chi connectivity index (χ3n) is 4.09. The topological polar surface area (TPSA) is 38.2 Å². The van der Waals surface area contributed by atoms with Gasteiger partial charge in [0.05, 0.1) is 13.2 Å². The maximum absolute atomic E-state index is 13.5. The number of halogens is 2. The van der Waals surface area contributed by atoms with Gasteiger partial charge in [-0.15, -0.1) is 10.2 Å². The second-order valence-electron chi connectivity index (χ2n) is 5.73. The van der Waals surface area contributed by atoms with Crippen molar-refractivity contribution in [2.24, 2.45) is 0 Å². The Hall–Kier alpha value is -2.38. The van der Waals surface area contributed by atoms with Gasteiger partial charge in [0.15, 0.2) is 11.6 Å². The average molecular weight is 359 g/mol. The molecule has 0 radical (unpaired) electrons. The van der Waals surface area contributed by atoms with E-state index in [9.17, 15) is 8.78 Å². The summed E-state index contributed by atoms with van der Waals surface area (Å²) in [6.07, 6.45) is -0.326. The van der Waals surface area contributed by atoms with Crippen LogP contribution >= 0.6 is 11.3 Å². The van der Waals surface area contributed by atoms with E-state index in [2.05, 4.69) is 15.1 Å². The maximum Gasteiger partial charge on any atom is 0.208 e. The van der Waals surface area contributed by atoms with Crippen LogP contribution in [0.1, 0.15) is 11.7 Å². The lowest BCUT2D eigenvalue weighted by Gasteiger charge is -2.32. The molecular weight excluding hydrogens is 344 g/mol. The SMILES string of the molecule is Fc1ccc(C2CN(c3nnc(-c4ccccc4)s3)CCO2)cc1F. The summed E-state index contributed by atoms with van der Waals surface area (Å²) >= 11 is 1.51. The molecule has 4 nitrogen and oxygen atoms in total. The van der Waals surface area contributed by atoms with Gasteiger partial charge in [-0.1, -0.05) is 47.7 Å². The van der Waals surface area contributed by atoms with Crippen molar-refractivity contribution >= 4 is 16.5 Å². The summed E-state index contributed by atoms with van der Waals surface area (Å²) in [6, 6.07) is 13.8. The molecule has 1 atom stereocenters. The number of rotatable bonds is 3. The van der Waals surface area contributed by atoms with Crippen molar-refractivity contribution in [2.45, 2.75) is 6.10 Å². The van der Waals surface area contributed by atoms with Gasteiger partial charge >= 0.3 is 0 Å². The van der Waals surface area contributed by atoms with E-state index in [1.54, 1.807) is 6.07 Å². The molecule has 3 aromatic rings. The van der Waals surface area contributed by atoms with E-state index in [4.69, 9.17) is 4.74 Å². The number of ether oxygens (including phenoxy) is 1. The summed E-state index contributed by atoms with van der Waals surface area (Å²) in [7, 11) is 0. The molecular formula is C18H15F2N3OS. The Balaban J connectivity index is 1.53. The number of nitrogens with zero attached hydrogens (tertiary/aromatic N) is 3. The minimum Gasteiger partial charge on any atom is -0.370 e. The maximum atomic E-state index is 13.5. The molecule has 7 heteroatoms. The van der Waals surface area contributed by atoms with Gasteiger partial charge in [-0.25, -0.2) is 8.78 Å². The quantitative estimate of drug-likeness (QED) is 0.707. The van der Waals surface area contributed by atoms with Gasteiger partial charge in [0.1, 0.15) is 11.1 Å². The van der Waals surface area contributed by atoms with Crippen molar-refractivity contribution in [1.29, 1.82) is 0 Å². The highest BCUT2D eigenvalue weighted by Crippen LogP contribution is 2.32. The first-order chi connectivity index (χ1) is 12.2. The summed E-state index contributed by atoms with van der Waals surface area (Å²) in [4.78, 5) is 2.07. The van der Waals surface area contributed by atoms with E-state index in [1.807, 2.05) is 30.3 Å². The highest BCUT2D eigenvalue weighted by molar-refractivity contribution is 7.18. The van der Waals surface area contributed by atoms with Crippen LogP contribution in [0, 0.1) is 11.6 Å². The van der Waals surface area contributed by atoms with E-state index in [0.29, 0.717) is 25.3 Å². The van der Waals surface area contributed by atoms with E-state index in [0.717, 1.165) is 21.8 Å². The van der Waals surface area contributed by atoms with Crippen LogP contribution in [0.4, 0.5) is 13.9 Å². The van der Waals surface area contributed by atoms with Crippen molar-refractivity contribution < 1.29 is 13.5 Å². The summed E-state index contributed by atoms with van der Waals surface area (Å²) in [5, 5.41) is 10.2. The summed E-state index contributed by atoms with van der Waals surface area (Å²) in [5.41, 5.74) is 1.65. The molecule has 0 aliphatic carbocycles. The molecule has 0 bridgehead atoms. The minimum absolute atomic E-state index is 0.326. The Labute approximate surface area is 147 Å². The molecule has 1 saturated heterocycles. The van der Waals surface area contributed by atoms with E-state index >= 15 is 0 Å². The summed E-state index contributed by atoms with van der Waals surface area (Å²) < 4.78 is 32.3. The molecule has 0 amide bonds. The fourth-order valence-electron chi connectivity index (χ4n) is 2.78. The monoisotopic (exact) mass is 359 g/mol. The van der Waals surface area contributed by atoms with Crippen molar-refractivity contribution in [3.63, 3.8) is 0 Å². The number of hydrogen-bond acceptors (Lipinski definition) is 5. The van der Waals surface area contributed by atoms with Gasteiger partial charge in [-0.3, -0.25) is 0 Å². The van der Waals surface area contributed by atoms with Crippen LogP contribution < -0.4 is 4.90 Å². The predicted molar refractivity (Wildman–Crippen MR) is 92.6 cm³/mol. The standard InChI is InChI=1S/C18H15F2N3OS/c19-14-7-6-13(10-15(14)20)16-11-23(8-9-24-16)18-22-21-17(25-18)12-4-2-1-3-5-12/h1-7,10,16H,8-9,11H2. The van der Waals surface area contributed by atoms with Crippen LogP contribution in [0.2, 0.25) is 0 Å². The van der Waals surface area contributed by atoms with Crippen LogP contribution in [-0.4, -0.2) is 29.9 Å². The normalized spacial score (nSPS) is 17.7. The predicted octanol–water partition coefficient (Wildman–Crippen LogP) is 4.06. The minimum atomic E-state index is -0.861. The smallest absolute Gasteiger partial charge is 0.208 e. The average Bonchev–Trinajstić information content (AvgIpc) is 3.15. The Kier molecular flexibility index (Phi) is 4.42. The Morgan fingerprint density at radius 3 is 2.68 bits per heavy atom. The Morgan fingerprint density at radius 1 is 1.04 bits per heavy atom. The zero-order valence-corrected chi connectivity index (χ0v) is 14.0. The molecule has 25 heavy (non-hydrogen) atoms. The zero-order chi connectivity index (χ0) is 17.2. The summed E-state index contributed by atoms with van der Waals surface area (Å²) in [6.45, 7) is 1.70. The van der Waals surface area contributed by atoms with Crippen molar-refractivity contribution in [2.75, 3.05) is 24.6 Å². The number of benzene rings is 2. The number of morpholine rings is 1. The Bertz CT molecular complexity index is 872. The molecule has 4 rings (SSSR count). The second-order valence-corrected chi connectivity index (χ2v) is 6.69. The first-order valence-electron chi connectivity index (χ1n) is 7.91. The fourth-order valence-corrected chi connectivity index (χ4v) is 3.66. The number of aromatic nitrogens is 2. The molecule has 128 valence electrons. The van der Waals surface area contributed by atoms with E-state index in [-0.39, 0.29) is 6.10 Å². The second kappa shape index (κ2) is 6.85. The van der Waals surface area contributed by atoms with Gasteiger partial charge in [0.2, 0.25) is 5.13 Å².